The number of anilines is 1. The average Bonchev–Trinajstić information content (AvgIpc) is 3.06. The van der Waals surface area contributed by atoms with Crippen molar-refractivity contribution in [2.75, 3.05) is 11.9 Å². The highest BCUT2D eigenvalue weighted by atomic mass is 19.4. The number of hydrogen-bond donors (Lipinski definition) is 1. The van der Waals surface area contributed by atoms with E-state index in [4.69, 9.17) is 4.74 Å². The lowest BCUT2D eigenvalue weighted by Gasteiger charge is -2.10. The highest BCUT2D eigenvalue weighted by molar-refractivity contribution is 5.94. The molecule has 0 aliphatic carbocycles. The van der Waals surface area contributed by atoms with Gasteiger partial charge in [-0.1, -0.05) is 0 Å². The molecule has 12 heteroatoms. The van der Waals surface area contributed by atoms with Crippen molar-refractivity contribution in [3.05, 3.63) is 48.0 Å². The van der Waals surface area contributed by atoms with Crippen LogP contribution in [0, 0.1) is 6.92 Å². The minimum atomic E-state index is -4.81. The van der Waals surface area contributed by atoms with E-state index in [1.54, 1.807) is 13.0 Å². The van der Waals surface area contributed by atoms with Gasteiger partial charge in [0.1, 0.15) is 5.75 Å². The van der Waals surface area contributed by atoms with Gasteiger partial charge < -0.3 is 14.8 Å². The summed E-state index contributed by atoms with van der Waals surface area (Å²) >= 11 is 0. The monoisotopic (exact) mass is 395 g/mol. The predicted octanol–water partition coefficient (Wildman–Crippen LogP) is 2.13. The third-order valence-electron chi connectivity index (χ3n) is 3.32. The van der Waals surface area contributed by atoms with E-state index in [-0.39, 0.29) is 17.3 Å². The van der Waals surface area contributed by atoms with Crippen LogP contribution in [0.3, 0.4) is 0 Å². The minimum Gasteiger partial charge on any atom is -0.450 e. The van der Waals surface area contributed by atoms with Crippen molar-refractivity contribution in [3.63, 3.8) is 0 Å². The molecule has 0 aliphatic heterocycles. The molecule has 0 radical (unpaired) electrons. The van der Waals surface area contributed by atoms with Crippen molar-refractivity contribution in [2.45, 2.75) is 13.3 Å². The number of carbonyl (C=O) groups excluding carboxylic acids is 2. The molecule has 3 aromatic rings. The highest BCUT2D eigenvalue weighted by Crippen LogP contribution is 2.23. The fraction of sp³-hybridized carbons (Fsp3) is 0.188. The molecule has 0 bridgehead atoms. The fourth-order valence-corrected chi connectivity index (χ4v) is 2.13. The second kappa shape index (κ2) is 7.50. The summed E-state index contributed by atoms with van der Waals surface area (Å²) in [4.78, 5) is 31.6. The van der Waals surface area contributed by atoms with Gasteiger partial charge in [-0.15, -0.1) is 18.3 Å². The number of carbonyl (C=O) groups is 2. The molecule has 3 rings (SSSR count). The zero-order chi connectivity index (χ0) is 20.3. The lowest BCUT2D eigenvalue weighted by atomic mass is 10.3. The Kier molecular flexibility index (Phi) is 5.11. The standard InChI is InChI=1S/C16H12F3N5O4/c1-9-6-7-20-15-22-13(23-24(9)15)14(26)27-8-12(25)21-10-2-4-11(5-3-10)28-16(17,18)19/h2-7H,8H2,1H3,(H,21,25). The summed E-state index contributed by atoms with van der Waals surface area (Å²) in [5.41, 5.74) is 0.897. The molecule has 0 saturated carbocycles. The number of alkyl halides is 3. The SMILES string of the molecule is Cc1ccnc2nc(C(=O)OCC(=O)Nc3ccc(OC(F)(F)F)cc3)nn12. The van der Waals surface area contributed by atoms with Crippen molar-refractivity contribution in [1.82, 2.24) is 19.6 Å². The van der Waals surface area contributed by atoms with E-state index in [9.17, 15) is 22.8 Å². The van der Waals surface area contributed by atoms with E-state index in [0.717, 1.165) is 12.1 Å². The van der Waals surface area contributed by atoms with Crippen LogP contribution in [0.1, 0.15) is 16.3 Å². The molecular formula is C16H12F3N5O4. The Morgan fingerprint density at radius 3 is 2.54 bits per heavy atom. The van der Waals surface area contributed by atoms with Crippen LogP contribution in [0.4, 0.5) is 18.9 Å². The summed E-state index contributed by atoms with van der Waals surface area (Å²) in [5.74, 6) is -2.11. The number of benzene rings is 1. The summed E-state index contributed by atoms with van der Waals surface area (Å²) < 4.78 is 46.2. The van der Waals surface area contributed by atoms with Gasteiger partial charge in [-0.05, 0) is 37.3 Å². The Bertz CT molecular complexity index is 1020. The second-order valence-electron chi connectivity index (χ2n) is 5.43. The van der Waals surface area contributed by atoms with Crippen LogP contribution in [-0.2, 0) is 9.53 Å². The molecule has 9 nitrogen and oxygen atoms in total. The second-order valence-corrected chi connectivity index (χ2v) is 5.43. The number of fused-ring (bicyclic) bond motifs is 1. The molecule has 1 aromatic carbocycles. The Morgan fingerprint density at radius 2 is 1.89 bits per heavy atom. The van der Waals surface area contributed by atoms with Crippen LogP contribution in [0.25, 0.3) is 5.78 Å². The van der Waals surface area contributed by atoms with E-state index in [0.29, 0.717) is 5.69 Å². The molecule has 0 spiro atoms. The highest BCUT2D eigenvalue weighted by Gasteiger charge is 2.31. The van der Waals surface area contributed by atoms with Gasteiger partial charge in [0.2, 0.25) is 0 Å². The molecule has 2 aromatic heterocycles. The van der Waals surface area contributed by atoms with Gasteiger partial charge >= 0.3 is 12.3 Å². The van der Waals surface area contributed by atoms with E-state index in [2.05, 4.69) is 25.1 Å². The average molecular weight is 395 g/mol. The van der Waals surface area contributed by atoms with Crippen LogP contribution in [0.5, 0.6) is 5.75 Å². The Hall–Kier alpha value is -3.70. The number of aromatic nitrogens is 4. The third kappa shape index (κ3) is 4.72. The molecule has 28 heavy (non-hydrogen) atoms. The Morgan fingerprint density at radius 1 is 1.18 bits per heavy atom. The van der Waals surface area contributed by atoms with Gasteiger partial charge in [0.25, 0.3) is 17.5 Å². The first-order valence-electron chi connectivity index (χ1n) is 7.72. The Labute approximate surface area is 155 Å². The number of nitrogens with zero attached hydrogens (tertiary/aromatic N) is 4. The number of esters is 1. The minimum absolute atomic E-state index is 0.196. The summed E-state index contributed by atoms with van der Waals surface area (Å²) in [7, 11) is 0. The summed E-state index contributed by atoms with van der Waals surface area (Å²) in [5, 5.41) is 6.31. The zero-order valence-corrected chi connectivity index (χ0v) is 14.2. The molecule has 1 N–H and O–H groups in total. The van der Waals surface area contributed by atoms with Gasteiger partial charge in [0, 0.05) is 17.6 Å². The summed E-state index contributed by atoms with van der Waals surface area (Å²) in [6.45, 7) is 1.11. The van der Waals surface area contributed by atoms with Crippen molar-refractivity contribution in [2.24, 2.45) is 0 Å². The first-order chi connectivity index (χ1) is 13.2. The van der Waals surface area contributed by atoms with Gasteiger partial charge in [-0.25, -0.2) is 14.3 Å². The van der Waals surface area contributed by atoms with Gasteiger partial charge in [0.15, 0.2) is 6.61 Å². The predicted molar refractivity (Wildman–Crippen MR) is 87.6 cm³/mol. The van der Waals surface area contributed by atoms with Gasteiger partial charge in [-0.2, -0.15) is 4.98 Å². The van der Waals surface area contributed by atoms with Crippen molar-refractivity contribution >= 4 is 23.3 Å². The first-order valence-corrected chi connectivity index (χ1v) is 7.72. The van der Waals surface area contributed by atoms with Gasteiger partial charge in [-0.3, -0.25) is 4.79 Å². The molecule has 0 atom stereocenters. The number of halogens is 3. The van der Waals surface area contributed by atoms with Gasteiger partial charge in [0.05, 0.1) is 0 Å². The molecule has 0 fully saturated rings. The van der Waals surface area contributed by atoms with E-state index in [1.807, 2.05) is 0 Å². The van der Waals surface area contributed by atoms with E-state index >= 15 is 0 Å². The normalized spacial score (nSPS) is 11.3. The van der Waals surface area contributed by atoms with Crippen LogP contribution >= 0.6 is 0 Å². The number of rotatable bonds is 5. The largest absolute Gasteiger partial charge is 0.573 e. The quantitative estimate of drug-likeness (QED) is 0.660. The molecule has 0 saturated heterocycles. The van der Waals surface area contributed by atoms with Crippen molar-refractivity contribution < 1.29 is 32.2 Å². The number of nitrogens with one attached hydrogen (secondary N) is 1. The first kappa shape index (κ1) is 19.1. The van der Waals surface area contributed by atoms with Crippen LogP contribution < -0.4 is 10.1 Å². The smallest absolute Gasteiger partial charge is 0.450 e. The topological polar surface area (TPSA) is 108 Å². The summed E-state index contributed by atoms with van der Waals surface area (Å²) in [6.07, 6.45) is -3.30. The van der Waals surface area contributed by atoms with Crippen LogP contribution in [0.2, 0.25) is 0 Å². The van der Waals surface area contributed by atoms with Crippen LogP contribution in [-0.4, -0.2) is 44.4 Å². The lowest BCUT2D eigenvalue weighted by Crippen LogP contribution is -2.21. The molecule has 0 aliphatic rings. The molecular weight excluding hydrogens is 383 g/mol. The van der Waals surface area contributed by atoms with E-state index < -0.39 is 30.6 Å². The third-order valence-corrected chi connectivity index (χ3v) is 3.32. The number of ether oxygens (including phenoxy) is 2. The maximum atomic E-state index is 12.1. The van der Waals surface area contributed by atoms with Crippen molar-refractivity contribution in [3.8, 4) is 5.75 Å². The number of amides is 1. The maximum absolute atomic E-state index is 12.1. The molecule has 0 unspecified atom stereocenters. The molecule has 1 amide bonds. The van der Waals surface area contributed by atoms with Crippen LogP contribution in [0.15, 0.2) is 36.5 Å². The van der Waals surface area contributed by atoms with E-state index in [1.165, 1.54) is 22.8 Å². The zero-order valence-electron chi connectivity index (χ0n) is 14.2. The number of hydrogen-bond acceptors (Lipinski definition) is 7. The molecule has 146 valence electrons. The summed E-state index contributed by atoms with van der Waals surface area (Å²) in [6, 6.07) is 6.16. The number of aryl methyl sites for hydroxylation is 1. The lowest BCUT2D eigenvalue weighted by molar-refractivity contribution is -0.274. The fourth-order valence-electron chi connectivity index (χ4n) is 2.13. The van der Waals surface area contributed by atoms with Crippen molar-refractivity contribution in [1.29, 1.82) is 0 Å². The molecule has 2 heterocycles. The maximum Gasteiger partial charge on any atom is 0.573 e. The Balaban J connectivity index is 1.54.